The average molecular weight is 227 g/mol. The second-order valence-electron chi connectivity index (χ2n) is 4.62. The molecule has 4 heteroatoms. The van der Waals surface area contributed by atoms with Gasteiger partial charge in [-0.15, -0.1) is 0 Å². The van der Waals surface area contributed by atoms with Gasteiger partial charge in [-0.05, 0) is 57.7 Å². The molecular weight excluding hydrogens is 206 g/mol. The zero-order valence-corrected chi connectivity index (χ0v) is 10.7. The van der Waals surface area contributed by atoms with E-state index in [1.807, 2.05) is 0 Å². The number of nitrogens with zero attached hydrogens (tertiary/aromatic N) is 1. The van der Waals surface area contributed by atoms with Gasteiger partial charge in [-0.1, -0.05) is 6.92 Å². The lowest BCUT2D eigenvalue weighted by Gasteiger charge is -2.19. The van der Waals surface area contributed by atoms with E-state index in [1.54, 1.807) is 0 Å². The first-order valence-corrected chi connectivity index (χ1v) is 6.10. The first-order chi connectivity index (χ1) is 7.08. The topological polar surface area (TPSA) is 36.4 Å². The van der Waals surface area contributed by atoms with Crippen LogP contribution in [0.5, 0.6) is 0 Å². The van der Waals surface area contributed by atoms with Crippen molar-refractivity contribution in [1.82, 2.24) is 10.7 Å². The quantitative estimate of drug-likeness (QED) is 0.562. The summed E-state index contributed by atoms with van der Waals surface area (Å²) < 4.78 is 0. The molecule has 1 aliphatic carbocycles. The van der Waals surface area contributed by atoms with Crippen LogP contribution in [0.3, 0.4) is 0 Å². The lowest BCUT2D eigenvalue weighted by atomic mass is 9.89. The Morgan fingerprint density at radius 3 is 2.87 bits per heavy atom. The number of hydrogen-bond acceptors (Lipinski definition) is 2. The highest BCUT2D eigenvalue weighted by Crippen LogP contribution is 2.20. The number of nitrogens with one attached hydrogen (secondary N) is 2. The van der Waals surface area contributed by atoms with Crippen LogP contribution in [0.15, 0.2) is 5.10 Å². The predicted octanol–water partition coefficient (Wildman–Crippen LogP) is 2.43. The second-order valence-corrected chi connectivity index (χ2v) is 5.03. The third-order valence-corrected chi connectivity index (χ3v) is 2.69. The number of hydrogen-bond donors (Lipinski definition) is 2. The Morgan fingerprint density at radius 2 is 2.27 bits per heavy atom. The van der Waals surface area contributed by atoms with E-state index >= 15 is 0 Å². The maximum atomic E-state index is 5.10. The van der Waals surface area contributed by atoms with Gasteiger partial charge in [0.15, 0.2) is 5.11 Å². The van der Waals surface area contributed by atoms with Crippen molar-refractivity contribution in [1.29, 1.82) is 0 Å². The fourth-order valence-corrected chi connectivity index (χ4v) is 2.07. The van der Waals surface area contributed by atoms with Gasteiger partial charge >= 0.3 is 0 Å². The van der Waals surface area contributed by atoms with E-state index in [1.165, 1.54) is 18.6 Å². The second kappa shape index (κ2) is 6.05. The fourth-order valence-electron chi connectivity index (χ4n) is 1.79. The van der Waals surface area contributed by atoms with Gasteiger partial charge in [0.2, 0.25) is 0 Å². The Kier molecular flexibility index (Phi) is 5.02. The highest BCUT2D eigenvalue weighted by Gasteiger charge is 2.13. The zero-order chi connectivity index (χ0) is 11.3. The van der Waals surface area contributed by atoms with Crippen LogP contribution < -0.4 is 10.7 Å². The molecule has 0 amide bonds. The van der Waals surface area contributed by atoms with Gasteiger partial charge in [-0.25, -0.2) is 0 Å². The molecule has 0 aromatic heterocycles. The number of rotatable bonds is 2. The van der Waals surface area contributed by atoms with Gasteiger partial charge in [0.25, 0.3) is 0 Å². The van der Waals surface area contributed by atoms with Crippen molar-refractivity contribution in [3.8, 4) is 0 Å². The molecule has 1 saturated carbocycles. The SMILES string of the molecule is CC(C)NC(=S)N/N=C1/CCC[C@@H](C)C1. The Morgan fingerprint density at radius 1 is 1.53 bits per heavy atom. The maximum absolute atomic E-state index is 5.10. The fraction of sp³-hybridized carbons (Fsp3) is 0.818. The normalized spacial score (nSPS) is 24.3. The Labute approximate surface area is 97.7 Å². The maximum Gasteiger partial charge on any atom is 0.187 e. The molecule has 3 nitrogen and oxygen atoms in total. The smallest absolute Gasteiger partial charge is 0.187 e. The summed E-state index contributed by atoms with van der Waals surface area (Å²) in [5.41, 5.74) is 4.16. The van der Waals surface area contributed by atoms with Gasteiger partial charge in [0.1, 0.15) is 0 Å². The first kappa shape index (κ1) is 12.4. The van der Waals surface area contributed by atoms with Crippen LogP contribution in [-0.2, 0) is 0 Å². The highest BCUT2D eigenvalue weighted by molar-refractivity contribution is 7.80. The summed E-state index contributed by atoms with van der Waals surface area (Å²) in [4.78, 5) is 0. The van der Waals surface area contributed by atoms with Gasteiger partial charge < -0.3 is 5.32 Å². The lowest BCUT2D eigenvalue weighted by Crippen LogP contribution is -2.37. The van der Waals surface area contributed by atoms with E-state index in [0.717, 1.165) is 18.8 Å². The molecule has 86 valence electrons. The first-order valence-electron chi connectivity index (χ1n) is 5.70. The van der Waals surface area contributed by atoms with Crippen LogP contribution in [0.4, 0.5) is 0 Å². The molecule has 1 fully saturated rings. The van der Waals surface area contributed by atoms with Gasteiger partial charge in [0.05, 0.1) is 0 Å². The summed E-state index contributed by atoms with van der Waals surface area (Å²) in [7, 11) is 0. The molecule has 1 aliphatic rings. The minimum absolute atomic E-state index is 0.357. The largest absolute Gasteiger partial charge is 0.359 e. The molecule has 0 aromatic carbocycles. The highest BCUT2D eigenvalue weighted by atomic mass is 32.1. The summed E-state index contributed by atoms with van der Waals surface area (Å²) in [5, 5.41) is 8.08. The zero-order valence-electron chi connectivity index (χ0n) is 9.84. The van der Waals surface area contributed by atoms with E-state index in [0.29, 0.717) is 11.2 Å². The molecule has 0 heterocycles. The van der Waals surface area contributed by atoms with Crippen molar-refractivity contribution >= 4 is 23.0 Å². The van der Waals surface area contributed by atoms with E-state index in [2.05, 4.69) is 36.6 Å². The van der Waals surface area contributed by atoms with Gasteiger partial charge in [-0.2, -0.15) is 5.10 Å². The summed E-state index contributed by atoms with van der Waals surface area (Å²) in [6.45, 7) is 6.40. The molecule has 1 atom stereocenters. The summed E-state index contributed by atoms with van der Waals surface area (Å²) in [5.74, 6) is 0.769. The van der Waals surface area contributed by atoms with Crippen molar-refractivity contribution in [3.63, 3.8) is 0 Å². The number of hydrazone groups is 1. The number of thiocarbonyl (C=S) groups is 1. The minimum Gasteiger partial charge on any atom is -0.359 e. The summed E-state index contributed by atoms with van der Waals surface area (Å²) in [6, 6.07) is 0.357. The summed E-state index contributed by atoms with van der Waals surface area (Å²) >= 11 is 5.10. The van der Waals surface area contributed by atoms with Crippen molar-refractivity contribution < 1.29 is 0 Å². The minimum atomic E-state index is 0.357. The van der Waals surface area contributed by atoms with Gasteiger partial charge in [0, 0.05) is 11.8 Å². The molecule has 15 heavy (non-hydrogen) atoms. The van der Waals surface area contributed by atoms with E-state index in [-0.39, 0.29) is 0 Å². The van der Waals surface area contributed by atoms with E-state index < -0.39 is 0 Å². The average Bonchev–Trinajstić information content (AvgIpc) is 2.14. The predicted molar refractivity (Wildman–Crippen MR) is 69.1 cm³/mol. The van der Waals surface area contributed by atoms with Crippen molar-refractivity contribution in [3.05, 3.63) is 0 Å². The van der Waals surface area contributed by atoms with Crippen LogP contribution in [0, 0.1) is 5.92 Å². The molecule has 0 spiro atoms. The molecule has 2 N–H and O–H groups in total. The van der Waals surface area contributed by atoms with E-state index in [4.69, 9.17) is 12.2 Å². The third-order valence-electron chi connectivity index (χ3n) is 2.48. The molecule has 0 radical (unpaired) electrons. The van der Waals surface area contributed by atoms with Gasteiger partial charge in [-0.3, -0.25) is 5.43 Å². The molecule has 0 saturated heterocycles. The van der Waals surface area contributed by atoms with Crippen molar-refractivity contribution in [2.45, 2.75) is 52.5 Å². The van der Waals surface area contributed by atoms with Crippen LogP contribution in [0.1, 0.15) is 46.5 Å². The van der Waals surface area contributed by atoms with Crippen LogP contribution in [0.2, 0.25) is 0 Å². The molecule has 1 rings (SSSR count). The Balaban J connectivity index is 2.33. The van der Waals surface area contributed by atoms with Crippen LogP contribution in [-0.4, -0.2) is 16.9 Å². The summed E-state index contributed by atoms with van der Waals surface area (Å²) in [6.07, 6.45) is 4.80. The van der Waals surface area contributed by atoms with Crippen LogP contribution >= 0.6 is 12.2 Å². The molecular formula is C11H21N3S. The monoisotopic (exact) mass is 227 g/mol. The van der Waals surface area contributed by atoms with Crippen molar-refractivity contribution in [2.75, 3.05) is 0 Å². The molecule has 0 aliphatic heterocycles. The third kappa shape index (κ3) is 5.11. The van der Waals surface area contributed by atoms with E-state index in [9.17, 15) is 0 Å². The molecule has 0 unspecified atom stereocenters. The Hall–Kier alpha value is -0.640. The molecule has 0 aromatic rings. The standard InChI is InChI=1S/C11H21N3S/c1-8(2)12-11(15)14-13-10-6-4-5-9(3)7-10/h8-9H,4-7H2,1-3H3,(H2,12,14,15)/b13-10-/t9-/m1/s1. The van der Waals surface area contributed by atoms with Crippen molar-refractivity contribution in [2.24, 2.45) is 11.0 Å². The van der Waals surface area contributed by atoms with Crippen LogP contribution in [0.25, 0.3) is 0 Å². The molecule has 0 bridgehead atoms. The Bertz CT molecular complexity index is 248. The lowest BCUT2D eigenvalue weighted by molar-refractivity contribution is 0.498.